The summed E-state index contributed by atoms with van der Waals surface area (Å²) in [7, 11) is -3.83. The molecule has 4 aromatic rings. The molecule has 0 spiro atoms. The summed E-state index contributed by atoms with van der Waals surface area (Å²) in [5, 5.41) is 11.1. The van der Waals surface area contributed by atoms with Crippen LogP contribution in [0.4, 0.5) is 0 Å². The van der Waals surface area contributed by atoms with Crippen LogP contribution in [-0.2, 0) is 10.0 Å². The van der Waals surface area contributed by atoms with Crippen LogP contribution in [0.3, 0.4) is 0 Å². The molecule has 0 unspecified atom stereocenters. The molecule has 0 amide bonds. The van der Waals surface area contributed by atoms with Crippen LogP contribution in [0.15, 0.2) is 83.8 Å². The highest BCUT2D eigenvalue weighted by molar-refractivity contribution is 7.90. The summed E-state index contributed by atoms with van der Waals surface area (Å²) in [6, 6.07) is 22.6. The molecule has 0 aliphatic heterocycles. The second-order valence-corrected chi connectivity index (χ2v) is 7.97. The van der Waals surface area contributed by atoms with E-state index in [1.807, 2.05) is 19.1 Å². The highest BCUT2D eigenvalue weighted by Gasteiger charge is 2.24. The van der Waals surface area contributed by atoms with Crippen molar-refractivity contribution in [2.45, 2.75) is 11.8 Å². The third-order valence-corrected chi connectivity index (χ3v) is 6.15. The van der Waals surface area contributed by atoms with Gasteiger partial charge < -0.3 is 5.11 Å². The van der Waals surface area contributed by atoms with Gasteiger partial charge in [-0.1, -0.05) is 48.0 Å². The third-order valence-electron chi connectivity index (χ3n) is 4.41. The Hall–Kier alpha value is -3.05. The summed E-state index contributed by atoms with van der Waals surface area (Å²) in [6.07, 6.45) is 0. The van der Waals surface area contributed by atoms with Crippen molar-refractivity contribution in [3.63, 3.8) is 0 Å². The molecule has 1 aromatic heterocycles. The van der Waals surface area contributed by atoms with Gasteiger partial charge in [-0.2, -0.15) is 0 Å². The fourth-order valence-corrected chi connectivity index (χ4v) is 4.61. The number of hydrogen-bond acceptors (Lipinski definition) is 3. The molecule has 3 aromatic carbocycles. The number of fused-ring (bicyclic) bond motifs is 1. The topological polar surface area (TPSA) is 59.3 Å². The van der Waals surface area contributed by atoms with Gasteiger partial charge in [-0.05, 0) is 43.3 Å². The first kappa shape index (κ1) is 16.4. The normalized spacial score (nSPS) is 11.7. The average molecular weight is 363 g/mol. The van der Waals surface area contributed by atoms with Crippen molar-refractivity contribution < 1.29 is 13.5 Å². The summed E-state index contributed by atoms with van der Waals surface area (Å²) in [5.41, 5.74) is 2.47. The Morgan fingerprint density at radius 3 is 2.23 bits per heavy atom. The zero-order valence-electron chi connectivity index (χ0n) is 14.1. The van der Waals surface area contributed by atoms with E-state index < -0.39 is 10.0 Å². The molecule has 130 valence electrons. The molecular formula is C21H17NO3S. The lowest BCUT2D eigenvalue weighted by Crippen LogP contribution is -2.14. The van der Waals surface area contributed by atoms with Gasteiger partial charge in [-0.3, -0.25) is 0 Å². The van der Waals surface area contributed by atoms with Crippen LogP contribution in [0, 0.1) is 6.92 Å². The predicted octanol–water partition coefficient (Wildman–Crippen LogP) is 4.56. The maximum atomic E-state index is 13.4. The average Bonchev–Trinajstić information content (AvgIpc) is 3.02. The number of aromatic nitrogens is 1. The molecule has 1 heterocycles. The molecule has 0 fully saturated rings. The Kier molecular flexibility index (Phi) is 3.81. The SMILES string of the molecule is Cc1ccc(S(=O)(=O)n2c(-c3ccccc3O)cc3ccccc32)cc1. The molecule has 0 atom stereocenters. The zero-order valence-corrected chi connectivity index (χ0v) is 14.9. The van der Waals surface area contributed by atoms with Crippen molar-refractivity contribution in [1.82, 2.24) is 3.97 Å². The number of rotatable bonds is 3. The Balaban J connectivity index is 2.07. The molecule has 0 saturated heterocycles. The van der Waals surface area contributed by atoms with Crippen molar-refractivity contribution in [3.8, 4) is 17.0 Å². The first-order valence-electron chi connectivity index (χ1n) is 8.19. The van der Waals surface area contributed by atoms with E-state index in [0.717, 1.165) is 10.9 Å². The monoisotopic (exact) mass is 363 g/mol. The standard InChI is InChI=1S/C21H17NO3S/c1-15-10-12-17(13-11-15)26(24,25)22-19-8-4-2-6-16(19)14-20(22)18-7-3-5-9-21(18)23/h2-14,23H,1H3. The van der Waals surface area contributed by atoms with Crippen molar-refractivity contribution in [2.24, 2.45) is 0 Å². The summed E-state index contributed by atoms with van der Waals surface area (Å²) < 4.78 is 28.1. The van der Waals surface area contributed by atoms with Crippen molar-refractivity contribution in [2.75, 3.05) is 0 Å². The lowest BCUT2D eigenvalue weighted by Gasteiger charge is -2.13. The van der Waals surface area contributed by atoms with E-state index in [4.69, 9.17) is 0 Å². The van der Waals surface area contributed by atoms with Crippen LogP contribution in [0.2, 0.25) is 0 Å². The highest BCUT2D eigenvalue weighted by Crippen LogP contribution is 2.36. The summed E-state index contributed by atoms with van der Waals surface area (Å²) in [4.78, 5) is 0.209. The molecule has 1 N–H and O–H groups in total. The Labute approximate surface area is 152 Å². The largest absolute Gasteiger partial charge is 0.507 e. The first-order chi connectivity index (χ1) is 12.5. The number of aryl methyl sites for hydroxylation is 1. The van der Waals surface area contributed by atoms with Gasteiger partial charge >= 0.3 is 0 Å². The predicted molar refractivity (Wildman–Crippen MR) is 103 cm³/mol. The molecule has 4 nitrogen and oxygen atoms in total. The first-order valence-corrected chi connectivity index (χ1v) is 9.63. The molecule has 0 aliphatic rings. The van der Waals surface area contributed by atoms with E-state index in [2.05, 4.69) is 0 Å². The smallest absolute Gasteiger partial charge is 0.268 e. The van der Waals surface area contributed by atoms with Gasteiger partial charge in [0.15, 0.2) is 0 Å². The number of para-hydroxylation sites is 2. The van der Waals surface area contributed by atoms with Gasteiger partial charge in [0.2, 0.25) is 0 Å². The van der Waals surface area contributed by atoms with Crippen LogP contribution >= 0.6 is 0 Å². The van der Waals surface area contributed by atoms with Crippen LogP contribution in [0.25, 0.3) is 22.2 Å². The maximum absolute atomic E-state index is 13.4. The molecular weight excluding hydrogens is 346 g/mol. The fourth-order valence-electron chi connectivity index (χ4n) is 3.08. The van der Waals surface area contributed by atoms with Gasteiger partial charge in [0.1, 0.15) is 5.75 Å². The van der Waals surface area contributed by atoms with Gasteiger partial charge in [0.25, 0.3) is 10.0 Å². The summed E-state index contributed by atoms with van der Waals surface area (Å²) in [6.45, 7) is 1.91. The second-order valence-electron chi connectivity index (χ2n) is 6.19. The maximum Gasteiger partial charge on any atom is 0.268 e. The second kappa shape index (κ2) is 6.04. The van der Waals surface area contributed by atoms with E-state index in [1.165, 1.54) is 3.97 Å². The minimum atomic E-state index is -3.83. The van der Waals surface area contributed by atoms with E-state index in [1.54, 1.807) is 66.7 Å². The minimum Gasteiger partial charge on any atom is -0.507 e. The van der Waals surface area contributed by atoms with Crippen LogP contribution in [0.1, 0.15) is 5.56 Å². The molecule has 0 aliphatic carbocycles. The van der Waals surface area contributed by atoms with Crippen molar-refractivity contribution >= 4 is 20.9 Å². The van der Waals surface area contributed by atoms with Crippen LogP contribution in [0.5, 0.6) is 5.75 Å². The number of aromatic hydroxyl groups is 1. The van der Waals surface area contributed by atoms with Crippen LogP contribution < -0.4 is 0 Å². The van der Waals surface area contributed by atoms with Gasteiger partial charge in [-0.25, -0.2) is 12.4 Å². The molecule has 0 bridgehead atoms. The number of hydrogen-bond donors (Lipinski definition) is 1. The van der Waals surface area contributed by atoms with Crippen molar-refractivity contribution in [3.05, 3.63) is 84.4 Å². The number of phenols is 1. The van der Waals surface area contributed by atoms with Crippen molar-refractivity contribution in [1.29, 1.82) is 0 Å². The Morgan fingerprint density at radius 1 is 0.846 bits per heavy atom. The molecule has 0 saturated carbocycles. The lowest BCUT2D eigenvalue weighted by atomic mass is 10.1. The summed E-state index contributed by atoms with van der Waals surface area (Å²) in [5.74, 6) is 0.0377. The van der Waals surface area contributed by atoms with Gasteiger partial charge in [0, 0.05) is 10.9 Å². The van der Waals surface area contributed by atoms with E-state index in [9.17, 15) is 13.5 Å². The van der Waals surface area contributed by atoms with Crippen LogP contribution in [-0.4, -0.2) is 17.5 Å². The quantitative estimate of drug-likeness (QED) is 0.580. The Morgan fingerprint density at radius 2 is 1.50 bits per heavy atom. The van der Waals surface area contributed by atoms with E-state index >= 15 is 0 Å². The molecule has 0 radical (unpaired) electrons. The minimum absolute atomic E-state index is 0.0377. The fraction of sp³-hybridized carbons (Fsp3) is 0.0476. The molecule has 26 heavy (non-hydrogen) atoms. The molecule has 4 rings (SSSR count). The number of nitrogens with zero attached hydrogens (tertiary/aromatic N) is 1. The van der Waals surface area contributed by atoms with E-state index in [0.29, 0.717) is 16.8 Å². The van der Waals surface area contributed by atoms with Gasteiger partial charge in [0.05, 0.1) is 16.1 Å². The lowest BCUT2D eigenvalue weighted by molar-refractivity contribution is 0.477. The summed E-state index contributed by atoms with van der Waals surface area (Å²) >= 11 is 0. The van der Waals surface area contributed by atoms with Gasteiger partial charge in [-0.15, -0.1) is 0 Å². The number of benzene rings is 3. The highest BCUT2D eigenvalue weighted by atomic mass is 32.2. The number of phenolic OH excluding ortho intramolecular Hbond substituents is 1. The van der Waals surface area contributed by atoms with E-state index in [-0.39, 0.29) is 10.6 Å². The Bertz CT molecular complexity index is 1210. The molecule has 5 heteroatoms. The zero-order chi connectivity index (χ0) is 18.3. The third kappa shape index (κ3) is 2.57.